The van der Waals surface area contributed by atoms with Crippen LogP contribution in [0.5, 0.6) is 11.5 Å². The molecule has 4 aromatic carbocycles. The second-order valence-electron chi connectivity index (χ2n) is 11.6. The third-order valence-electron chi connectivity index (χ3n) is 7.45. The monoisotopic (exact) mass is 891 g/mol. The van der Waals surface area contributed by atoms with Crippen LogP contribution in [0.2, 0.25) is 30.1 Å². The predicted octanol–water partition coefficient (Wildman–Crippen LogP) is 9.78. The maximum Gasteiger partial charge on any atom is 0.333 e. The lowest BCUT2D eigenvalue weighted by molar-refractivity contribution is -0.158. The Morgan fingerprint density at radius 1 is 0.607 bits per heavy atom. The highest BCUT2D eigenvalue weighted by Crippen LogP contribution is 2.37. The number of esters is 2. The number of ether oxygens (including phenoxy) is 3. The second-order valence-corrected chi connectivity index (χ2v) is 14.1. The maximum absolute atomic E-state index is 15.0. The number of hydrogen-bond acceptors (Lipinski definition) is 8. The zero-order valence-electron chi connectivity index (χ0n) is 29.2. The Balaban J connectivity index is 1.30. The molecule has 0 saturated heterocycles. The number of amides is 3. The van der Waals surface area contributed by atoms with Gasteiger partial charge in [-0.3, -0.25) is 19.2 Å². The lowest BCUT2D eigenvalue weighted by Gasteiger charge is -2.14. The molecule has 56 heavy (non-hydrogen) atoms. The molecule has 0 aliphatic carbocycles. The molecule has 0 atom stereocenters. The van der Waals surface area contributed by atoms with Crippen molar-refractivity contribution in [3.8, 4) is 11.5 Å². The quantitative estimate of drug-likeness (QED) is 0.0789. The molecule has 0 aliphatic rings. The van der Waals surface area contributed by atoms with Gasteiger partial charge in [0.05, 0.1) is 37.9 Å². The van der Waals surface area contributed by atoms with Crippen molar-refractivity contribution in [1.29, 1.82) is 0 Å². The molecule has 0 radical (unpaired) electrons. The van der Waals surface area contributed by atoms with Gasteiger partial charge in [-0.2, -0.15) is 0 Å². The van der Waals surface area contributed by atoms with E-state index in [1.807, 2.05) is 0 Å². The predicted molar refractivity (Wildman–Crippen MR) is 209 cm³/mol. The van der Waals surface area contributed by atoms with Gasteiger partial charge >= 0.3 is 11.9 Å². The molecule has 0 spiro atoms. The van der Waals surface area contributed by atoms with Crippen molar-refractivity contribution in [3.05, 3.63) is 113 Å². The smallest absolute Gasteiger partial charge is 0.333 e. The van der Waals surface area contributed by atoms with Crippen LogP contribution in [0.1, 0.15) is 53.7 Å². The lowest BCUT2D eigenvalue weighted by Crippen LogP contribution is -2.32. The minimum absolute atomic E-state index is 0.00429. The Bertz CT molecular complexity index is 2160. The summed E-state index contributed by atoms with van der Waals surface area (Å²) in [5, 5.41) is 7.05. The molecule has 4 rings (SSSR count). The van der Waals surface area contributed by atoms with E-state index < -0.39 is 60.9 Å². The molecular formula is C37H29Cl6F2N3O8. The molecule has 3 N–H and O–H groups in total. The summed E-state index contributed by atoms with van der Waals surface area (Å²) in [7, 11) is 0. The van der Waals surface area contributed by atoms with Gasteiger partial charge in [-0.05, 0) is 54.1 Å². The summed E-state index contributed by atoms with van der Waals surface area (Å²) in [6.07, 6.45) is -0.216. The van der Waals surface area contributed by atoms with Gasteiger partial charge in [0, 0.05) is 39.6 Å². The van der Waals surface area contributed by atoms with Crippen molar-refractivity contribution in [2.45, 2.75) is 46.3 Å². The van der Waals surface area contributed by atoms with Crippen LogP contribution in [-0.2, 0) is 43.5 Å². The van der Waals surface area contributed by atoms with Crippen molar-refractivity contribution in [2.24, 2.45) is 0 Å². The van der Waals surface area contributed by atoms with E-state index >= 15 is 0 Å². The first-order valence-corrected chi connectivity index (χ1v) is 18.6. The van der Waals surface area contributed by atoms with Crippen LogP contribution in [0.4, 0.5) is 20.2 Å². The minimum atomic E-state index is -1.10. The third kappa shape index (κ3) is 12.1. The summed E-state index contributed by atoms with van der Waals surface area (Å²) in [4.78, 5) is 61.1. The zero-order valence-corrected chi connectivity index (χ0v) is 33.7. The zero-order chi connectivity index (χ0) is 41.3. The number of nitrogens with one attached hydrogen (secondary N) is 3. The Labute approximate surface area is 348 Å². The first-order valence-electron chi connectivity index (χ1n) is 16.3. The van der Waals surface area contributed by atoms with Gasteiger partial charge in [0.15, 0.2) is 23.1 Å². The van der Waals surface area contributed by atoms with E-state index in [9.17, 15) is 32.8 Å². The van der Waals surface area contributed by atoms with Crippen LogP contribution >= 0.6 is 69.6 Å². The van der Waals surface area contributed by atoms with Crippen molar-refractivity contribution < 1.29 is 47.0 Å². The molecule has 0 aliphatic heterocycles. The highest BCUT2D eigenvalue weighted by atomic mass is 35.5. The normalized spacial score (nSPS) is 10.8. The van der Waals surface area contributed by atoms with E-state index in [1.165, 1.54) is 48.5 Å². The fourth-order valence-corrected chi connectivity index (χ4v) is 6.48. The highest BCUT2D eigenvalue weighted by Gasteiger charge is 2.21. The van der Waals surface area contributed by atoms with E-state index in [4.69, 9.17) is 83.8 Å². The topological polar surface area (TPSA) is 149 Å². The summed E-state index contributed by atoms with van der Waals surface area (Å²) in [6, 6.07) is 10.1. The molecule has 0 aromatic heterocycles. The molecule has 0 fully saturated rings. The van der Waals surface area contributed by atoms with Crippen molar-refractivity contribution in [1.82, 2.24) is 5.32 Å². The molecule has 0 bridgehead atoms. The van der Waals surface area contributed by atoms with Crippen LogP contribution in [0.15, 0.2) is 48.5 Å². The minimum Gasteiger partial charge on any atom is -0.486 e. The molecule has 11 nitrogen and oxygen atoms in total. The fraction of sp³-hybridized carbons (Fsp3) is 0.216. The average Bonchev–Trinajstić information content (AvgIpc) is 3.12. The van der Waals surface area contributed by atoms with E-state index in [-0.39, 0.29) is 94.7 Å². The van der Waals surface area contributed by atoms with Gasteiger partial charge in [0.1, 0.15) is 19.8 Å². The van der Waals surface area contributed by atoms with Crippen LogP contribution in [0.3, 0.4) is 0 Å². The average molecular weight is 894 g/mol. The molecule has 19 heteroatoms. The molecule has 3 amide bonds. The fourth-order valence-electron chi connectivity index (χ4n) is 4.76. The van der Waals surface area contributed by atoms with Gasteiger partial charge in [-0.1, -0.05) is 83.5 Å². The Kier molecular flexibility index (Phi) is 16.0. The summed E-state index contributed by atoms with van der Waals surface area (Å²) in [5.41, 5.74) is -0.118. The summed E-state index contributed by atoms with van der Waals surface area (Å²) in [5.74, 6) is -5.42. The van der Waals surface area contributed by atoms with E-state index in [2.05, 4.69) is 16.0 Å². The number of hydrogen-bond donors (Lipinski definition) is 3. The van der Waals surface area contributed by atoms with Crippen molar-refractivity contribution in [3.63, 3.8) is 0 Å². The largest absolute Gasteiger partial charge is 0.486 e. The Morgan fingerprint density at radius 3 is 1.46 bits per heavy atom. The van der Waals surface area contributed by atoms with Gasteiger partial charge < -0.3 is 30.2 Å². The number of benzene rings is 4. The number of carbonyl (C=O) groups excluding carboxylic acids is 5. The second kappa shape index (κ2) is 20.2. The Hall–Kier alpha value is -4.37. The molecule has 0 unspecified atom stereocenters. The number of halogens is 8. The summed E-state index contributed by atoms with van der Waals surface area (Å²) in [6.45, 7) is 1.72. The SMILES string of the molecule is CCC(=O)Nc1cc(Cl)cc(COc2c(Cl)cc(CC(=O)OC(=O)CNC(=O)c3cc(Cl)c(OCc4cc(Cl)cc(NC(=O)CC)c4F)c(Cl)c3)cc2Cl)c1F. The van der Waals surface area contributed by atoms with Crippen LogP contribution in [0.25, 0.3) is 0 Å². The summed E-state index contributed by atoms with van der Waals surface area (Å²) >= 11 is 37.4. The maximum atomic E-state index is 15.0. The van der Waals surface area contributed by atoms with Gasteiger partial charge in [0.25, 0.3) is 5.91 Å². The molecule has 0 saturated carbocycles. The van der Waals surface area contributed by atoms with Gasteiger partial charge in [-0.25, -0.2) is 13.6 Å². The van der Waals surface area contributed by atoms with Crippen LogP contribution in [0, 0.1) is 11.6 Å². The Morgan fingerprint density at radius 2 is 1.04 bits per heavy atom. The van der Waals surface area contributed by atoms with Crippen molar-refractivity contribution in [2.75, 3.05) is 17.2 Å². The number of rotatable bonds is 15. The highest BCUT2D eigenvalue weighted by molar-refractivity contribution is 6.38. The van der Waals surface area contributed by atoms with Crippen LogP contribution in [-0.4, -0.2) is 36.2 Å². The van der Waals surface area contributed by atoms with E-state index in [1.54, 1.807) is 13.8 Å². The van der Waals surface area contributed by atoms with Crippen molar-refractivity contribution >= 4 is 111 Å². The molecule has 0 heterocycles. The molecule has 296 valence electrons. The van der Waals surface area contributed by atoms with Crippen LogP contribution < -0.4 is 25.4 Å². The molecular weight excluding hydrogens is 865 g/mol. The number of carbonyl (C=O) groups is 5. The van der Waals surface area contributed by atoms with Gasteiger partial charge in [0.2, 0.25) is 11.8 Å². The standard InChI is InChI=1S/C37H29Cl6F2N3O8/c1-3-29(49)47-27-12-21(38)8-19(33(27)44)15-54-35-23(40)5-17(6-24(35)41)7-31(51)56-32(52)14-46-37(53)18-10-25(42)36(26(43)11-18)55-16-20-9-22(39)13-28(34(20)45)48-30(50)4-2/h5-6,8-13H,3-4,7,14-16H2,1-2H3,(H,46,53)(H,47,49)(H,48,50). The lowest BCUT2D eigenvalue weighted by atomic mass is 10.1. The van der Waals surface area contributed by atoms with E-state index in [0.29, 0.717) is 0 Å². The molecule has 4 aromatic rings. The first kappa shape index (κ1) is 44.3. The third-order valence-corrected chi connectivity index (χ3v) is 9.01. The number of anilines is 2. The first-order chi connectivity index (χ1) is 26.5. The summed E-state index contributed by atoms with van der Waals surface area (Å²) < 4.78 is 46.0. The van der Waals surface area contributed by atoms with E-state index in [0.717, 1.165) is 0 Å². The van der Waals surface area contributed by atoms with Gasteiger partial charge in [-0.15, -0.1) is 0 Å².